The zero-order chi connectivity index (χ0) is 15.1. The lowest BCUT2D eigenvalue weighted by Crippen LogP contribution is -2.28. The molecule has 0 spiro atoms. The standard InChI is InChI=1S/C16H22ClNO2S/c1-2-4-12(8-9-19)11-18-16(13-5-3-10-20-13)14-6-7-15(17)21-14/h3,5-7,10,12,16,18-19H,2,4,8-9,11H2,1H3. The Morgan fingerprint density at radius 2 is 2.19 bits per heavy atom. The monoisotopic (exact) mass is 327 g/mol. The molecule has 0 saturated carbocycles. The minimum absolute atomic E-state index is 0.0237. The molecule has 21 heavy (non-hydrogen) atoms. The van der Waals surface area contributed by atoms with E-state index in [0.717, 1.165) is 40.8 Å². The second-order valence-corrected chi connectivity index (χ2v) is 6.91. The second-order valence-electron chi connectivity index (χ2n) is 5.17. The van der Waals surface area contributed by atoms with Crippen LogP contribution in [0.5, 0.6) is 0 Å². The van der Waals surface area contributed by atoms with Crippen molar-refractivity contribution in [1.29, 1.82) is 0 Å². The molecule has 0 aliphatic heterocycles. The van der Waals surface area contributed by atoms with Gasteiger partial charge in [0.25, 0.3) is 0 Å². The molecule has 2 aromatic rings. The SMILES string of the molecule is CCCC(CCO)CNC(c1ccco1)c1ccc(Cl)s1. The van der Waals surface area contributed by atoms with E-state index >= 15 is 0 Å². The Morgan fingerprint density at radius 3 is 2.76 bits per heavy atom. The summed E-state index contributed by atoms with van der Waals surface area (Å²) in [6.07, 6.45) is 4.76. The first-order valence-electron chi connectivity index (χ1n) is 7.37. The van der Waals surface area contributed by atoms with E-state index in [1.54, 1.807) is 17.6 Å². The minimum Gasteiger partial charge on any atom is -0.467 e. The van der Waals surface area contributed by atoms with E-state index in [-0.39, 0.29) is 12.6 Å². The lowest BCUT2D eigenvalue weighted by atomic mass is 9.99. The normalized spacial score (nSPS) is 14.2. The molecule has 0 radical (unpaired) electrons. The highest BCUT2D eigenvalue weighted by Crippen LogP contribution is 2.31. The maximum atomic E-state index is 9.17. The Balaban J connectivity index is 2.06. The number of furan rings is 1. The van der Waals surface area contributed by atoms with Crippen molar-refractivity contribution < 1.29 is 9.52 Å². The molecule has 116 valence electrons. The molecule has 0 aliphatic rings. The van der Waals surface area contributed by atoms with E-state index in [9.17, 15) is 5.11 Å². The number of aliphatic hydroxyl groups is 1. The second kappa shape index (κ2) is 8.59. The molecule has 0 aliphatic carbocycles. The van der Waals surface area contributed by atoms with Crippen molar-refractivity contribution in [3.05, 3.63) is 45.5 Å². The summed E-state index contributed by atoms with van der Waals surface area (Å²) in [6.45, 7) is 3.27. The molecule has 3 nitrogen and oxygen atoms in total. The van der Waals surface area contributed by atoms with Crippen LogP contribution in [0.1, 0.15) is 42.9 Å². The number of hydrogen-bond donors (Lipinski definition) is 2. The van der Waals surface area contributed by atoms with Gasteiger partial charge in [0, 0.05) is 11.5 Å². The van der Waals surface area contributed by atoms with Crippen LogP contribution >= 0.6 is 22.9 Å². The maximum absolute atomic E-state index is 9.17. The Labute approximate surface area is 134 Å². The molecular formula is C16H22ClNO2S. The van der Waals surface area contributed by atoms with Gasteiger partial charge in [0.1, 0.15) is 11.8 Å². The van der Waals surface area contributed by atoms with E-state index in [2.05, 4.69) is 12.2 Å². The van der Waals surface area contributed by atoms with Crippen LogP contribution in [0.4, 0.5) is 0 Å². The quantitative estimate of drug-likeness (QED) is 0.714. The molecule has 2 aromatic heterocycles. The third-order valence-electron chi connectivity index (χ3n) is 3.55. The van der Waals surface area contributed by atoms with Crippen molar-refractivity contribution >= 4 is 22.9 Å². The van der Waals surface area contributed by atoms with Crippen LogP contribution in [0.3, 0.4) is 0 Å². The molecule has 0 aromatic carbocycles. The molecule has 2 unspecified atom stereocenters. The van der Waals surface area contributed by atoms with Gasteiger partial charge in [0.2, 0.25) is 0 Å². The third-order valence-corrected chi connectivity index (χ3v) is 4.85. The fraction of sp³-hybridized carbons (Fsp3) is 0.500. The van der Waals surface area contributed by atoms with Crippen molar-refractivity contribution in [2.45, 2.75) is 32.2 Å². The first kappa shape index (κ1) is 16.6. The van der Waals surface area contributed by atoms with E-state index in [1.807, 2.05) is 24.3 Å². The smallest absolute Gasteiger partial charge is 0.126 e. The van der Waals surface area contributed by atoms with Gasteiger partial charge in [-0.3, -0.25) is 0 Å². The zero-order valence-electron chi connectivity index (χ0n) is 12.2. The van der Waals surface area contributed by atoms with Crippen LogP contribution in [0.25, 0.3) is 0 Å². The van der Waals surface area contributed by atoms with E-state index in [4.69, 9.17) is 16.0 Å². The first-order valence-corrected chi connectivity index (χ1v) is 8.57. The van der Waals surface area contributed by atoms with Gasteiger partial charge >= 0.3 is 0 Å². The van der Waals surface area contributed by atoms with Gasteiger partial charge in [-0.15, -0.1) is 11.3 Å². The molecule has 2 heterocycles. The number of halogens is 1. The molecule has 0 bridgehead atoms. The maximum Gasteiger partial charge on any atom is 0.126 e. The van der Waals surface area contributed by atoms with E-state index in [0.29, 0.717) is 5.92 Å². The number of rotatable bonds is 9. The van der Waals surface area contributed by atoms with Gasteiger partial charge in [-0.25, -0.2) is 0 Å². The van der Waals surface area contributed by atoms with Crippen LogP contribution in [0.2, 0.25) is 4.34 Å². The topological polar surface area (TPSA) is 45.4 Å². The summed E-state index contributed by atoms with van der Waals surface area (Å²) in [4.78, 5) is 1.15. The summed E-state index contributed by atoms with van der Waals surface area (Å²) in [6, 6.07) is 7.85. The molecule has 5 heteroatoms. The van der Waals surface area contributed by atoms with E-state index in [1.165, 1.54) is 0 Å². The van der Waals surface area contributed by atoms with Crippen molar-refractivity contribution in [3.63, 3.8) is 0 Å². The lowest BCUT2D eigenvalue weighted by molar-refractivity contribution is 0.245. The molecule has 2 atom stereocenters. The molecule has 0 saturated heterocycles. The molecule has 2 N–H and O–H groups in total. The Morgan fingerprint density at radius 1 is 1.33 bits per heavy atom. The van der Waals surface area contributed by atoms with Crippen LogP contribution in [-0.4, -0.2) is 18.3 Å². The molecule has 0 amide bonds. The van der Waals surface area contributed by atoms with Crippen LogP contribution in [0, 0.1) is 5.92 Å². The average molecular weight is 328 g/mol. The molecule has 2 rings (SSSR count). The van der Waals surface area contributed by atoms with Gasteiger partial charge in [0.15, 0.2) is 0 Å². The van der Waals surface area contributed by atoms with Crippen LogP contribution in [-0.2, 0) is 0 Å². The summed E-state index contributed by atoms with van der Waals surface area (Å²) >= 11 is 7.62. The largest absolute Gasteiger partial charge is 0.467 e. The number of hydrogen-bond acceptors (Lipinski definition) is 4. The predicted molar refractivity (Wildman–Crippen MR) is 88.0 cm³/mol. The van der Waals surface area contributed by atoms with Gasteiger partial charge in [-0.05, 0) is 49.6 Å². The summed E-state index contributed by atoms with van der Waals surface area (Å²) in [5.41, 5.74) is 0. The number of nitrogens with one attached hydrogen (secondary N) is 1. The van der Waals surface area contributed by atoms with E-state index < -0.39 is 0 Å². The number of thiophene rings is 1. The highest BCUT2D eigenvalue weighted by atomic mass is 35.5. The fourth-order valence-corrected chi connectivity index (χ4v) is 3.65. The van der Waals surface area contributed by atoms with Gasteiger partial charge in [-0.2, -0.15) is 0 Å². The Hall–Kier alpha value is -0.810. The van der Waals surface area contributed by atoms with Crippen molar-refractivity contribution in [2.24, 2.45) is 5.92 Å². The zero-order valence-corrected chi connectivity index (χ0v) is 13.8. The van der Waals surface area contributed by atoms with Crippen molar-refractivity contribution in [2.75, 3.05) is 13.2 Å². The number of aliphatic hydroxyl groups excluding tert-OH is 1. The van der Waals surface area contributed by atoms with Crippen molar-refractivity contribution in [3.8, 4) is 0 Å². The predicted octanol–water partition coefficient (Wildman–Crippen LogP) is 4.47. The minimum atomic E-state index is 0.0237. The van der Waals surface area contributed by atoms with Crippen LogP contribution < -0.4 is 5.32 Å². The van der Waals surface area contributed by atoms with Crippen molar-refractivity contribution in [1.82, 2.24) is 5.32 Å². The summed E-state index contributed by atoms with van der Waals surface area (Å²) in [7, 11) is 0. The highest BCUT2D eigenvalue weighted by molar-refractivity contribution is 7.16. The fourth-order valence-electron chi connectivity index (χ4n) is 2.50. The Kier molecular flexibility index (Phi) is 6.77. The lowest BCUT2D eigenvalue weighted by Gasteiger charge is -2.20. The summed E-state index contributed by atoms with van der Waals surface area (Å²) in [5, 5.41) is 12.7. The third kappa shape index (κ3) is 4.85. The average Bonchev–Trinajstić information content (AvgIpc) is 3.12. The first-order chi connectivity index (χ1) is 10.2. The highest BCUT2D eigenvalue weighted by Gasteiger charge is 2.20. The van der Waals surface area contributed by atoms with Gasteiger partial charge in [-0.1, -0.05) is 24.9 Å². The van der Waals surface area contributed by atoms with Gasteiger partial charge < -0.3 is 14.8 Å². The van der Waals surface area contributed by atoms with Gasteiger partial charge in [0.05, 0.1) is 10.6 Å². The summed E-state index contributed by atoms with van der Waals surface area (Å²) < 4.78 is 6.34. The summed E-state index contributed by atoms with van der Waals surface area (Å²) in [5.74, 6) is 1.38. The molecular weight excluding hydrogens is 306 g/mol. The Bertz CT molecular complexity index is 506. The molecule has 0 fully saturated rings. The van der Waals surface area contributed by atoms with Crippen LogP contribution in [0.15, 0.2) is 34.9 Å².